The van der Waals surface area contributed by atoms with Gasteiger partial charge in [0.25, 0.3) is 0 Å². The van der Waals surface area contributed by atoms with Crippen LogP contribution in [0.4, 0.5) is 13.2 Å². The quantitative estimate of drug-likeness (QED) is 0.909. The van der Waals surface area contributed by atoms with Crippen molar-refractivity contribution < 1.29 is 13.2 Å². The maximum atomic E-state index is 12.8. The summed E-state index contributed by atoms with van der Waals surface area (Å²) in [7, 11) is 0. The SMILES string of the molecule is CCC(c1cccc(C(F)(F)F)c1)N1CCNCC1. The molecule has 0 bridgehead atoms. The van der Waals surface area contributed by atoms with Gasteiger partial charge in [-0.1, -0.05) is 19.1 Å². The van der Waals surface area contributed by atoms with Crippen LogP contribution in [0.5, 0.6) is 0 Å². The molecule has 1 N–H and O–H groups in total. The summed E-state index contributed by atoms with van der Waals surface area (Å²) in [6.07, 6.45) is -3.45. The van der Waals surface area contributed by atoms with Crippen LogP contribution in [0.1, 0.15) is 30.5 Å². The molecular weight excluding hydrogens is 253 g/mol. The standard InChI is InChI=1S/C14H19F3N2/c1-2-13(19-8-6-18-7-9-19)11-4-3-5-12(10-11)14(15,16)17/h3-5,10,13,18H,2,6-9H2,1H3. The number of piperazine rings is 1. The summed E-state index contributed by atoms with van der Waals surface area (Å²) in [6.45, 7) is 5.58. The molecule has 5 heteroatoms. The second kappa shape index (κ2) is 5.92. The van der Waals surface area contributed by atoms with Gasteiger partial charge in [0.2, 0.25) is 0 Å². The molecule has 1 aromatic carbocycles. The maximum Gasteiger partial charge on any atom is 0.416 e. The van der Waals surface area contributed by atoms with E-state index >= 15 is 0 Å². The van der Waals surface area contributed by atoms with E-state index in [0.717, 1.165) is 44.2 Å². The summed E-state index contributed by atoms with van der Waals surface area (Å²) in [5, 5.41) is 3.26. The summed E-state index contributed by atoms with van der Waals surface area (Å²) in [5.74, 6) is 0. The normalized spacial score (nSPS) is 19.4. The van der Waals surface area contributed by atoms with Crippen LogP contribution in [-0.4, -0.2) is 31.1 Å². The number of hydrogen-bond donors (Lipinski definition) is 1. The highest BCUT2D eigenvalue weighted by atomic mass is 19.4. The summed E-state index contributed by atoms with van der Waals surface area (Å²) in [5.41, 5.74) is 0.206. The fourth-order valence-corrected chi connectivity index (χ4v) is 2.62. The number of rotatable bonds is 3. The van der Waals surface area contributed by atoms with E-state index in [4.69, 9.17) is 0 Å². The molecular formula is C14H19F3N2. The Labute approximate surface area is 111 Å². The van der Waals surface area contributed by atoms with Crippen molar-refractivity contribution in [3.8, 4) is 0 Å². The van der Waals surface area contributed by atoms with Crippen LogP contribution in [0.25, 0.3) is 0 Å². The Morgan fingerprint density at radius 1 is 1.26 bits per heavy atom. The topological polar surface area (TPSA) is 15.3 Å². The van der Waals surface area contributed by atoms with Crippen LogP contribution in [0, 0.1) is 0 Å². The van der Waals surface area contributed by atoms with E-state index in [9.17, 15) is 13.2 Å². The van der Waals surface area contributed by atoms with Crippen LogP contribution in [0.3, 0.4) is 0 Å². The number of nitrogens with one attached hydrogen (secondary N) is 1. The molecule has 0 radical (unpaired) electrons. The third-order valence-corrected chi connectivity index (χ3v) is 3.58. The largest absolute Gasteiger partial charge is 0.416 e. The van der Waals surface area contributed by atoms with E-state index in [1.54, 1.807) is 6.07 Å². The van der Waals surface area contributed by atoms with Gasteiger partial charge >= 0.3 is 6.18 Å². The lowest BCUT2D eigenvalue weighted by molar-refractivity contribution is -0.137. The molecule has 1 unspecified atom stereocenters. The minimum Gasteiger partial charge on any atom is -0.314 e. The van der Waals surface area contributed by atoms with Crippen LogP contribution in [0.15, 0.2) is 24.3 Å². The molecule has 1 aliphatic heterocycles. The minimum atomic E-state index is -4.27. The van der Waals surface area contributed by atoms with Crippen molar-refractivity contribution in [3.63, 3.8) is 0 Å². The smallest absolute Gasteiger partial charge is 0.314 e. The highest BCUT2D eigenvalue weighted by Gasteiger charge is 2.31. The van der Waals surface area contributed by atoms with E-state index in [1.165, 1.54) is 12.1 Å². The van der Waals surface area contributed by atoms with Gasteiger partial charge in [-0.25, -0.2) is 0 Å². The molecule has 0 spiro atoms. The van der Waals surface area contributed by atoms with Crippen molar-refractivity contribution in [3.05, 3.63) is 35.4 Å². The van der Waals surface area contributed by atoms with Gasteiger partial charge < -0.3 is 5.32 Å². The van der Waals surface area contributed by atoms with E-state index < -0.39 is 11.7 Å². The molecule has 1 aromatic rings. The third kappa shape index (κ3) is 3.48. The Balaban J connectivity index is 2.22. The van der Waals surface area contributed by atoms with E-state index in [1.807, 2.05) is 6.92 Å². The molecule has 19 heavy (non-hydrogen) atoms. The number of hydrogen-bond acceptors (Lipinski definition) is 2. The van der Waals surface area contributed by atoms with E-state index in [-0.39, 0.29) is 6.04 Å². The zero-order valence-electron chi connectivity index (χ0n) is 11.0. The Morgan fingerprint density at radius 3 is 2.53 bits per heavy atom. The Morgan fingerprint density at radius 2 is 1.95 bits per heavy atom. The van der Waals surface area contributed by atoms with Crippen molar-refractivity contribution in [2.45, 2.75) is 25.6 Å². The molecule has 1 atom stereocenters. The molecule has 0 saturated carbocycles. The third-order valence-electron chi connectivity index (χ3n) is 3.58. The Hall–Kier alpha value is -1.07. The summed E-state index contributed by atoms with van der Waals surface area (Å²) >= 11 is 0. The van der Waals surface area contributed by atoms with Crippen LogP contribution in [-0.2, 0) is 6.18 Å². The molecule has 1 heterocycles. The first-order valence-electron chi connectivity index (χ1n) is 6.64. The molecule has 1 aliphatic rings. The van der Waals surface area contributed by atoms with Crippen LogP contribution in [0.2, 0.25) is 0 Å². The summed E-state index contributed by atoms with van der Waals surface area (Å²) in [6, 6.07) is 5.79. The predicted molar refractivity (Wildman–Crippen MR) is 68.9 cm³/mol. The van der Waals surface area contributed by atoms with E-state index in [0.29, 0.717) is 0 Å². The predicted octanol–water partition coefficient (Wildman–Crippen LogP) is 3.06. The minimum absolute atomic E-state index is 0.0735. The first kappa shape index (κ1) is 14.3. The van der Waals surface area contributed by atoms with Gasteiger partial charge in [-0.2, -0.15) is 13.2 Å². The van der Waals surface area contributed by atoms with Gasteiger partial charge in [0, 0.05) is 32.2 Å². The molecule has 2 rings (SSSR count). The highest BCUT2D eigenvalue weighted by Crippen LogP contribution is 2.32. The van der Waals surface area contributed by atoms with Crippen molar-refractivity contribution >= 4 is 0 Å². The molecule has 2 nitrogen and oxygen atoms in total. The zero-order valence-corrected chi connectivity index (χ0v) is 11.0. The summed E-state index contributed by atoms with van der Waals surface area (Å²) in [4.78, 5) is 2.26. The lowest BCUT2D eigenvalue weighted by Crippen LogP contribution is -2.45. The van der Waals surface area contributed by atoms with Gasteiger partial charge in [-0.15, -0.1) is 0 Å². The van der Waals surface area contributed by atoms with Gasteiger partial charge in [0.1, 0.15) is 0 Å². The van der Waals surface area contributed by atoms with Crippen molar-refractivity contribution in [2.75, 3.05) is 26.2 Å². The van der Waals surface area contributed by atoms with Crippen LogP contribution >= 0.6 is 0 Å². The van der Waals surface area contributed by atoms with Crippen molar-refractivity contribution in [2.24, 2.45) is 0 Å². The Kier molecular flexibility index (Phi) is 4.47. The monoisotopic (exact) mass is 272 g/mol. The first-order valence-corrected chi connectivity index (χ1v) is 6.64. The number of halogens is 3. The number of alkyl halides is 3. The van der Waals surface area contributed by atoms with Crippen molar-refractivity contribution in [1.29, 1.82) is 0 Å². The molecule has 0 aromatic heterocycles. The first-order chi connectivity index (χ1) is 9.02. The van der Waals surface area contributed by atoms with Gasteiger partial charge in [0.05, 0.1) is 5.56 Å². The molecule has 1 saturated heterocycles. The van der Waals surface area contributed by atoms with Crippen LogP contribution < -0.4 is 5.32 Å². The van der Waals surface area contributed by atoms with Gasteiger partial charge in [0.15, 0.2) is 0 Å². The second-order valence-corrected chi connectivity index (χ2v) is 4.83. The molecule has 0 aliphatic carbocycles. The lowest BCUT2D eigenvalue weighted by Gasteiger charge is -2.35. The fraction of sp³-hybridized carbons (Fsp3) is 0.571. The average molecular weight is 272 g/mol. The molecule has 0 amide bonds. The lowest BCUT2D eigenvalue weighted by atomic mass is 9.99. The zero-order chi connectivity index (χ0) is 13.9. The molecule has 1 fully saturated rings. The highest BCUT2D eigenvalue weighted by molar-refractivity contribution is 5.28. The molecule has 106 valence electrons. The number of nitrogens with zero attached hydrogens (tertiary/aromatic N) is 1. The van der Waals surface area contributed by atoms with E-state index in [2.05, 4.69) is 10.2 Å². The van der Waals surface area contributed by atoms with Gasteiger partial charge in [-0.3, -0.25) is 4.90 Å². The number of benzene rings is 1. The van der Waals surface area contributed by atoms with Crippen molar-refractivity contribution in [1.82, 2.24) is 10.2 Å². The maximum absolute atomic E-state index is 12.8. The second-order valence-electron chi connectivity index (χ2n) is 4.83. The summed E-state index contributed by atoms with van der Waals surface area (Å²) < 4.78 is 38.3. The van der Waals surface area contributed by atoms with Gasteiger partial charge in [-0.05, 0) is 24.1 Å². The average Bonchev–Trinajstić information content (AvgIpc) is 2.40. The Bertz CT molecular complexity index is 411. The fourth-order valence-electron chi connectivity index (χ4n) is 2.62.